The number of rotatable bonds is 4. The monoisotopic (exact) mass is 251 g/mol. The van der Waals surface area contributed by atoms with Crippen LogP contribution in [0.2, 0.25) is 5.02 Å². The lowest BCUT2D eigenvalue weighted by Crippen LogP contribution is -2.08. The minimum atomic E-state index is -0.441. The van der Waals surface area contributed by atoms with Crippen molar-refractivity contribution in [3.63, 3.8) is 0 Å². The lowest BCUT2D eigenvalue weighted by Gasteiger charge is -2.06. The fourth-order valence-corrected chi connectivity index (χ4v) is 1.56. The summed E-state index contributed by atoms with van der Waals surface area (Å²) in [5.74, 6) is -0.220. The van der Waals surface area contributed by atoms with Gasteiger partial charge in [-0.2, -0.15) is 0 Å². The fourth-order valence-electron chi connectivity index (χ4n) is 1.42. The Morgan fingerprint density at radius 1 is 1.35 bits per heavy atom. The molecule has 0 unspecified atom stereocenters. The Morgan fingerprint density at radius 2 is 2.24 bits per heavy atom. The molecule has 17 heavy (non-hydrogen) atoms. The Morgan fingerprint density at radius 3 is 2.94 bits per heavy atom. The molecule has 3 nitrogen and oxygen atoms in total. The zero-order chi connectivity index (χ0) is 12.1. The lowest BCUT2D eigenvalue weighted by atomic mass is 10.2. The molecule has 2 rings (SSSR count). The van der Waals surface area contributed by atoms with E-state index in [2.05, 4.69) is 15.3 Å². The third-order valence-electron chi connectivity index (χ3n) is 2.24. The van der Waals surface area contributed by atoms with Crippen LogP contribution in [0.15, 0.2) is 36.8 Å². The molecule has 2 heterocycles. The Kier molecular flexibility index (Phi) is 3.88. The van der Waals surface area contributed by atoms with E-state index in [9.17, 15) is 4.39 Å². The zero-order valence-corrected chi connectivity index (χ0v) is 9.78. The van der Waals surface area contributed by atoms with Gasteiger partial charge in [0.25, 0.3) is 0 Å². The third-order valence-corrected chi connectivity index (χ3v) is 2.44. The Bertz CT molecular complexity index is 490. The number of hydrogen-bond donors (Lipinski definition) is 1. The fraction of sp³-hybridized carbons (Fsp3) is 0.167. The van der Waals surface area contributed by atoms with Crippen molar-refractivity contribution in [2.24, 2.45) is 0 Å². The molecule has 0 aliphatic heterocycles. The summed E-state index contributed by atoms with van der Waals surface area (Å²) in [6.07, 6.45) is 5.68. The van der Waals surface area contributed by atoms with Gasteiger partial charge in [-0.3, -0.25) is 4.98 Å². The number of halogens is 2. The topological polar surface area (TPSA) is 37.8 Å². The number of nitrogens with zero attached hydrogens (tertiary/aromatic N) is 2. The van der Waals surface area contributed by atoms with Gasteiger partial charge in [0.2, 0.25) is 0 Å². The normalized spacial score (nSPS) is 10.2. The van der Waals surface area contributed by atoms with Crippen LogP contribution in [0.3, 0.4) is 0 Å². The smallest absolute Gasteiger partial charge is 0.166 e. The maximum Gasteiger partial charge on any atom is 0.166 e. The van der Waals surface area contributed by atoms with Gasteiger partial charge in [0.15, 0.2) is 11.6 Å². The van der Waals surface area contributed by atoms with Crippen molar-refractivity contribution in [2.45, 2.75) is 6.42 Å². The largest absolute Gasteiger partial charge is 0.367 e. The zero-order valence-electron chi connectivity index (χ0n) is 9.03. The summed E-state index contributed by atoms with van der Waals surface area (Å²) in [5.41, 5.74) is 1.09. The first kappa shape index (κ1) is 11.8. The van der Waals surface area contributed by atoms with Crippen molar-refractivity contribution in [1.82, 2.24) is 9.97 Å². The number of anilines is 1. The van der Waals surface area contributed by atoms with Gasteiger partial charge in [-0.25, -0.2) is 9.37 Å². The highest BCUT2D eigenvalue weighted by molar-refractivity contribution is 6.30. The quantitative estimate of drug-likeness (QED) is 0.908. The molecular weight excluding hydrogens is 241 g/mol. The Labute approximate surface area is 104 Å². The molecule has 0 bridgehead atoms. The van der Waals surface area contributed by atoms with Crippen LogP contribution in [0.5, 0.6) is 0 Å². The van der Waals surface area contributed by atoms with E-state index in [-0.39, 0.29) is 5.82 Å². The van der Waals surface area contributed by atoms with E-state index in [0.717, 1.165) is 12.0 Å². The second-order valence-electron chi connectivity index (χ2n) is 3.52. The highest BCUT2D eigenvalue weighted by atomic mass is 35.5. The molecule has 5 heteroatoms. The van der Waals surface area contributed by atoms with Gasteiger partial charge in [0.05, 0.1) is 5.02 Å². The van der Waals surface area contributed by atoms with Crippen molar-refractivity contribution < 1.29 is 4.39 Å². The van der Waals surface area contributed by atoms with E-state index in [1.807, 2.05) is 12.1 Å². The summed E-state index contributed by atoms with van der Waals surface area (Å²) in [4.78, 5) is 7.88. The summed E-state index contributed by atoms with van der Waals surface area (Å²) in [5, 5.41) is 3.21. The molecule has 0 aliphatic carbocycles. The average molecular weight is 252 g/mol. The van der Waals surface area contributed by atoms with Gasteiger partial charge in [0, 0.05) is 25.1 Å². The second-order valence-corrected chi connectivity index (χ2v) is 3.96. The van der Waals surface area contributed by atoms with Gasteiger partial charge in [-0.05, 0) is 24.1 Å². The van der Waals surface area contributed by atoms with E-state index >= 15 is 0 Å². The molecule has 0 aliphatic rings. The number of pyridine rings is 2. The van der Waals surface area contributed by atoms with Crippen LogP contribution in [0.25, 0.3) is 0 Å². The van der Waals surface area contributed by atoms with E-state index in [1.54, 1.807) is 12.4 Å². The van der Waals surface area contributed by atoms with Crippen LogP contribution >= 0.6 is 11.6 Å². The van der Waals surface area contributed by atoms with E-state index in [1.165, 1.54) is 12.3 Å². The Balaban J connectivity index is 1.90. The lowest BCUT2D eigenvalue weighted by molar-refractivity contribution is 0.624. The highest BCUT2D eigenvalue weighted by Gasteiger charge is 2.03. The molecule has 0 saturated heterocycles. The molecule has 2 aromatic heterocycles. The molecule has 0 amide bonds. The van der Waals surface area contributed by atoms with Crippen molar-refractivity contribution >= 4 is 17.4 Å². The predicted molar refractivity (Wildman–Crippen MR) is 65.6 cm³/mol. The standard InChI is InChI=1S/C12H11ClFN3/c13-10-6-11(14)12(17-8-10)16-5-3-9-2-1-4-15-7-9/h1-2,4,6-8H,3,5H2,(H,16,17). The van der Waals surface area contributed by atoms with E-state index in [0.29, 0.717) is 11.6 Å². The van der Waals surface area contributed by atoms with Gasteiger partial charge >= 0.3 is 0 Å². The van der Waals surface area contributed by atoms with Gasteiger partial charge < -0.3 is 5.32 Å². The minimum absolute atomic E-state index is 0.221. The highest BCUT2D eigenvalue weighted by Crippen LogP contribution is 2.15. The molecule has 0 atom stereocenters. The molecule has 1 N–H and O–H groups in total. The SMILES string of the molecule is Fc1cc(Cl)cnc1NCCc1cccnc1. The second kappa shape index (κ2) is 5.59. The number of aromatic nitrogens is 2. The average Bonchev–Trinajstić information content (AvgIpc) is 2.33. The summed E-state index contributed by atoms with van der Waals surface area (Å²) in [6.45, 7) is 0.594. The van der Waals surface area contributed by atoms with E-state index < -0.39 is 5.82 Å². The number of nitrogens with one attached hydrogen (secondary N) is 1. The van der Waals surface area contributed by atoms with Crippen molar-refractivity contribution in [3.05, 3.63) is 53.2 Å². The van der Waals surface area contributed by atoms with Crippen LogP contribution in [-0.2, 0) is 6.42 Å². The maximum absolute atomic E-state index is 13.4. The summed E-state index contributed by atoms with van der Waals surface area (Å²) in [7, 11) is 0. The van der Waals surface area contributed by atoms with Crippen molar-refractivity contribution in [1.29, 1.82) is 0 Å². The molecule has 0 spiro atoms. The minimum Gasteiger partial charge on any atom is -0.367 e. The molecule has 0 aromatic carbocycles. The third kappa shape index (κ3) is 3.39. The molecule has 88 valence electrons. The van der Waals surface area contributed by atoms with Crippen molar-refractivity contribution in [3.8, 4) is 0 Å². The molecule has 0 fully saturated rings. The summed E-state index contributed by atoms with van der Waals surface area (Å²) >= 11 is 5.61. The van der Waals surface area contributed by atoms with Gasteiger partial charge in [-0.1, -0.05) is 17.7 Å². The molecule has 2 aromatic rings. The molecule has 0 radical (unpaired) electrons. The maximum atomic E-state index is 13.4. The molecular formula is C12H11ClFN3. The molecule has 0 saturated carbocycles. The first-order valence-electron chi connectivity index (χ1n) is 5.19. The van der Waals surface area contributed by atoms with Gasteiger partial charge in [0.1, 0.15) is 0 Å². The van der Waals surface area contributed by atoms with Crippen LogP contribution in [-0.4, -0.2) is 16.5 Å². The van der Waals surface area contributed by atoms with Crippen LogP contribution in [0.1, 0.15) is 5.56 Å². The first-order chi connectivity index (χ1) is 8.25. The van der Waals surface area contributed by atoms with E-state index in [4.69, 9.17) is 11.6 Å². The van der Waals surface area contributed by atoms with Crippen LogP contribution < -0.4 is 5.32 Å². The number of hydrogen-bond acceptors (Lipinski definition) is 3. The van der Waals surface area contributed by atoms with Crippen LogP contribution in [0.4, 0.5) is 10.2 Å². The Hall–Kier alpha value is -1.68. The van der Waals surface area contributed by atoms with Crippen LogP contribution in [0, 0.1) is 5.82 Å². The predicted octanol–water partition coefficient (Wildman–Crippen LogP) is 2.92. The first-order valence-corrected chi connectivity index (χ1v) is 5.57. The van der Waals surface area contributed by atoms with Gasteiger partial charge in [-0.15, -0.1) is 0 Å². The summed E-state index contributed by atoms with van der Waals surface area (Å²) in [6, 6.07) is 5.08. The van der Waals surface area contributed by atoms with Crippen molar-refractivity contribution in [2.75, 3.05) is 11.9 Å². The summed E-state index contributed by atoms with van der Waals surface area (Å²) < 4.78 is 13.4.